The van der Waals surface area contributed by atoms with Crippen LogP contribution in [0.5, 0.6) is 0 Å². The first-order chi connectivity index (χ1) is 17.9. The van der Waals surface area contributed by atoms with Crippen LogP contribution in [0.1, 0.15) is 22.0 Å². The highest BCUT2D eigenvalue weighted by molar-refractivity contribution is 6.08. The molecule has 0 radical (unpaired) electrons. The summed E-state index contributed by atoms with van der Waals surface area (Å²) in [5, 5.41) is 16.2. The van der Waals surface area contributed by atoms with Gasteiger partial charge in [-0.05, 0) is 35.9 Å². The number of nitrogens with one attached hydrogen (secondary N) is 4. The minimum Gasteiger partial charge on any atom is -0.387 e. The van der Waals surface area contributed by atoms with E-state index in [2.05, 4.69) is 25.6 Å². The number of para-hydroxylation sites is 1. The number of benzene rings is 3. The lowest BCUT2D eigenvalue weighted by Gasteiger charge is -2.14. The normalized spacial score (nSPS) is 11.9. The van der Waals surface area contributed by atoms with Crippen molar-refractivity contribution in [1.82, 2.24) is 15.0 Å². The van der Waals surface area contributed by atoms with Gasteiger partial charge in [0, 0.05) is 18.8 Å². The first-order valence-corrected chi connectivity index (χ1v) is 11.3. The maximum absolute atomic E-state index is 14.1. The summed E-state index contributed by atoms with van der Waals surface area (Å²) in [6.45, 7) is 0.144. The summed E-state index contributed by atoms with van der Waals surface area (Å²) in [4.78, 5) is 35.6. The third-order valence-corrected chi connectivity index (χ3v) is 5.80. The van der Waals surface area contributed by atoms with E-state index in [0.29, 0.717) is 22.8 Å². The smallest absolute Gasteiger partial charge is 0.261 e. The van der Waals surface area contributed by atoms with E-state index in [1.807, 2.05) is 18.2 Å². The lowest BCUT2D eigenvalue weighted by atomic mass is 10.1. The standard InChI is InChI=1S/C27H21F2N5O3/c28-16-9-10-17(18(29)13-16)26(36)33-21-8-4-7-20-24(21)34-25(32-20)23-19(11-12-30-27(23)37)31-14-22(35)15-5-2-1-3-6-15/h1-13,22,35H,14H2,(H,32,34)(H,33,36)(H2,30,31,37). The maximum Gasteiger partial charge on any atom is 0.261 e. The SMILES string of the molecule is O=C(Nc1cccc2[nH]c(-c3c(NCC(O)c4ccccc4)cc[nH]c3=O)nc12)c1ccc(F)cc1F. The van der Waals surface area contributed by atoms with Crippen LogP contribution in [-0.4, -0.2) is 32.5 Å². The molecule has 0 bridgehead atoms. The molecule has 3 aromatic carbocycles. The molecular formula is C27H21F2N5O3. The number of hydrogen-bond donors (Lipinski definition) is 5. The Labute approximate surface area is 209 Å². The molecule has 5 rings (SSSR count). The molecule has 0 saturated carbocycles. The number of carbonyl (C=O) groups excluding carboxylic acids is 1. The first-order valence-electron chi connectivity index (χ1n) is 11.3. The molecule has 0 saturated heterocycles. The highest BCUT2D eigenvalue weighted by Crippen LogP contribution is 2.28. The molecule has 5 N–H and O–H groups in total. The predicted octanol–water partition coefficient (Wildman–Crippen LogP) is 4.59. The molecule has 2 heterocycles. The van der Waals surface area contributed by atoms with E-state index < -0.39 is 29.2 Å². The van der Waals surface area contributed by atoms with E-state index in [9.17, 15) is 23.5 Å². The minimum atomic E-state index is -0.989. The molecule has 2 aromatic heterocycles. The number of aliphatic hydroxyl groups excluding tert-OH is 1. The predicted molar refractivity (Wildman–Crippen MR) is 136 cm³/mol. The second-order valence-corrected chi connectivity index (χ2v) is 8.27. The molecular weight excluding hydrogens is 480 g/mol. The number of anilines is 2. The summed E-state index contributed by atoms with van der Waals surface area (Å²) in [5.41, 5.74) is 1.77. The van der Waals surface area contributed by atoms with Crippen LogP contribution in [0.3, 0.4) is 0 Å². The number of carbonyl (C=O) groups is 1. The molecule has 1 amide bonds. The van der Waals surface area contributed by atoms with Crippen molar-refractivity contribution >= 4 is 28.3 Å². The summed E-state index contributed by atoms with van der Waals surface area (Å²) in [6, 6.07) is 18.4. The summed E-state index contributed by atoms with van der Waals surface area (Å²) in [5.74, 6) is -2.33. The molecule has 5 aromatic rings. The van der Waals surface area contributed by atoms with E-state index in [4.69, 9.17) is 0 Å². The number of aromatic nitrogens is 3. The summed E-state index contributed by atoms with van der Waals surface area (Å²) < 4.78 is 27.3. The van der Waals surface area contributed by atoms with Crippen molar-refractivity contribution in [1.29, 1.82) is 0 Å². The lowest BCUT2D eigenvalue weighted by Crippen LogP contribution is -2.17. The van der Waals surface area contributed by atoms with Gasteiger partial charge in [0.15, 0.2) is 0 Å². The van der Waals surface area contributed by atoms with Gasteiger partial charge in [0.1, 0.15) is 28.5 Å². The summed E-state index contributed by atoms with van der Waals surface area (Å²) in [6.07, 6.45) is 0.673. The Hall–Kier alpha value is -4.83. The van der Waals surface area contributed by atoms with Crippen molar-refractivity contribution in [2.24, 2.45) is 0 Å². The molecule has 1 atom stereocenters. The van der Waals surface area contributed by atoms with Crippen molar-refractivity contribution in [3.8, 4) is 11.4 Å². The van der Waals surface area contributed by atoms with E-state index in [1.165, 1.54) is 6.20 Å². The van der Waals surface area contributed by atoms with Gasteiger partial charge in [-0.3, -0.25) is 9.59 Å². The molecule has 0 aliphatic rings. The Balaban J connectivity index is 1.45. The molecule has 0 spiro atoms. The lowest BCUT2D eigenvalue weighted by molar-refractivity contribution is 0.102. The van der Waals surface area contributed by atoms with Gasteiger partial charge in [-0.15, -0.1) is 0 Å². The average molecular weight is 501 g/mol. The topological polar surface area (TPSA) is 123 Å². The highest BCUT2D eigenvalue weighted by Gasteiger charge is 2.19. The molecule has 0 aliphatic heterocycles. The maximum atomic E-state index is 14.1. The van der Waals surface area contributed by atoms with Gasteiger partial charge < -0.3 is 25.7 Å². The van der Waals surface area contributed by atoms with Gasteiger partial charge in [0.2, 0.25) is 0 Å². The van der Waals surface area contributed by atoms with Crippen molar-refractivity contribution in [2.75, 3.05) is 17.2 Å². The fourth-order valence-corrected chi connectivity index (χ4v) is 3.98. The van der Waals surface area contributed by atoms with Gasteiger partial charge in [-0.25, -0.2) is 13.8 Å². The number of pyridine rings is 1. The number of H-pyrrole nitrogens is 2. The Kier molecular flexibility index (Phi) is 6.48. The van der Waals surface area contributed by atoms with Crippen LogP contribution in [0.15, 0.2) is 83.8 Å². The Morgan fingerprint density at radius 3 is 2.59 bits per heavy atom. The highest BCUT2D eigenvalue weighted by atomic mass is 19.1. The zero-order valence-corrected chi connectivity index (χ0v) is 19.3. The largest absolute Gasteiger partial charge is 0.387 e. The van der Waals surface area contributed by atoms with Gasteiger partial charge >= 0.3 is 0 Å². The second kappa shape index (κ2) is 10.0. The van der Waals surface area contributed by atoms with Gasteiger partial charge in [-0.2, -0.15) is 0 Å². The van der Waals surface area contributed by atoms with Crippen molar-refractivity contribution < 1.29 is 18.7 Å². The fourth-order valence-electron chi connectivity index (χ4n) is 3.98. The van der Waals surface area contributed by atoms with Crippen LogP contribution in [0.4, 0.5) is 20.2 Å². The third kappa shape index (κ3) is 4.95. The van der Waals surface area contributed by atoms with Crippen LogP contribution in [0, 0.1) is 11.6 Å². The molecule has 8 nitrogen and oxygen atoms in total. The number of nitrogens with zero attached hydrogens (tertiary/aromatic N) is 1. The van der Waals surface area contributed by atoms with Gasteiger partial charge in [0.05, 0.1) is 28.6 Å². The van der Waals surface area contributed by atoms with Crippen molar-refractivity contribution in [3.05, 3.63) is 112 Å². The average Bonchev–Trinajstić information content (AvgIpc) is 3.32. The number of halogens is 2. The molecule has 1 unspecified atom stereocenters. The fraction of sp³-hybridized carbons (Fsp3) is 0.0741. The number of aromatic amines is 2. The Morgan fingerprint density at radius 2 is 1.81 bits per heavy atom. The number of hydrogen-bond acceptors (Lipinski definition) is 5. The van der Waals surface area contributed by atoms with Crippen LogP contribution in [0.25, 0.3) is 22.4 Å². The Morgan fingerprint density at radius 1 is 1.00 bits per heavy atom. The monoisotopic (exact) mass is 501 g/mol. The molecule has 0 fully saturated rings. The number of fused-ring (bicyclic) bond motifs is 1. The van der Waals surface area contributed by atoms with Gasteiger partial charge in [-0.1, -0.05) is 36.4 Å². The molecule has 37 heavy (non-hydrogen) atoms. The van der Waals surface area contributed by atoms with Crippen LogP contribution < -0.4 is 16.2 Å². The number of rotatable bonds is 7. The van der Waals surface area contributed by atoms with Crippen LogP contribution in [0.2, 0.25) is 0 Å². The number of imidazole rings is 1. The van der Waals surface area contributed by atoms with E-state index >= 15 is 0 Å². The van der Waals surface area contributed by atoms with E-state index in [0.717, 1.165) is 17.7 Å². The summed E-state index contributed by atoms with van der Waals surface area (Å²) >= 11 is 0. The molecule has 0 aliphatic carbocycles. The number of amides is 1. The van der Waals surface area contributed by atoms with Crippen molar-refractivity contribution in [3.63, 3.8) is 0 Å². The first kappa shape index (κ1) is 23.9. The Bertz CT molecular complexity index is 1650. The van der Waals surface area contributed by atoms with Crippen LogP contribution in [-0.2, 0) is 0 Å². The zero-order valence-electron chi connectivity index (χ0n) is 19.3. The summed E-state index contributed by atoms with van der Waals surface area (Å²) in [7, 11) is 0. The quantitative estimate of drug-likeness (QED) is 0.223. The molecule has 10 heteroatoms. The third-order valence-electron chi connectivity index (χ3n) is 5.80. The zero-order chi connectivity index (χ0) is 25.9. The van der Waals surface area contributed by atoms with Crippen LogP contribution >= 0.6 is 0 Å². The van der Waals surface area contributed by atoms with E-state index in [-0.39, 0.29) is 29.2 Å². The minimum absolute atomic E-state index is 0.144. The van der Waals surface area contributed by atoms with Gasteiger partial charge in [0.25, 0.3) is 11.5 Å². The van der Waals surface area contributed by atoms with Crippen molar-refractivity contribution in [2.45, 2.75) is 6.10 Å². The number of aliphatic hydroxyl groups is 1. The van der Waals surface area contributed by atoms with E-state index in [1.54, 1.807) is 36.4 Å². The second-order valence-electron chi connectivity index (χ2n) is 8.27. The molecule has 186 valence electrons.